The lowest BCUT2D eigenvalue weighted by Crippen LogP contribution is -2.65. The molecule has 1 aromatic carbocycles. The highest BCUT2D eigenvalue weighted by atomic mass is 28.4. The SMILES string of the molecule is CC[Si](CC)(CC)OC1C(=O)N(C(=O)OC2CCCCC2)C1c1ccccc1. The van der Waals surface area contributed by atoms with Crippen LogP contribution in [0.4, 0.5) is 4.79 Å². The number of likely N-dealkylation sites (tertiary alicyclic amines) is 1. The van der Waals surface area contributed by atoms with Crippen LogP contribution in [0.2, 0.25) is 18.1 Å². The van der Waals surface area contributed by atoms with Crippen molar-refractivity contribution in [2.75, 3.05) is 0 Å². The maximum Gasteiger partial charge on any atom is 0.417 e. The second-order valence-electron chi connectivity index (χ2n) is 7.99. The summed E-state index contributed by atoms with van der Waals surface area (Å²) in [5.41, 5.74) is 0.930. The minimum absolute atomic E-state index is 0.0687. The van der Waals surface area contributed by atoms with Crippen molar-refractivity contribution in [2.24, 2.45) is 0 Å². The molecule has 1 aliphatic heterocycles. The van der Waals surface area contributed by atoms with Gasteiger partial charge in [-0.3, -0.25) is 4.79 Å². The smallest absolute Gasteiger partial charge is 0.417 e. The van der Waals surface area contributed by atoms with Gasteiger partial charge in [0, 0.05) is 0 Å². The van der Waals surface area contributed by atoms with Crippen LogP contribution in [0.5, 0.6) is 0 Å². The Bertz CT molecular complexity index is 662. The molecule has 1 aromatic rings. The average Bonchev–Trinajstić information content (AvgIpc) is 2.74. The molecule has 1 aliphatic carbocycles. The topological polar surface area (TPSA) is 55.8 Å². The van der Waals surface area contributed by atoms with Gasteiger partial charge in [-0.1, -0.05) is 57.5 Å². The lowest BCUT2D eigenvalue weighted by atomic mass is 9.91. The molecule has 3 rings (SSSR count). The molecule has 1 saturated carbocycles. The van der Waals surface area contributed by atoms with Gasteiger partial charge in [0.2, 0.25) is 0 Å². The largest absolute Gasteiger partial charge is 0.446 e. The molecule has 0 N–H and O–H groups in total. The summed E-state index contributed by atoms with van der Waals surface area (Å²) in [6, 6.07) is 12.2. The van der Waals surface area contributed by atoms with Gasteiger partial charge in [-0.15, -0.1) is 0 Å². The molecule has 5 nitrogen and oxygen atoms in total. The zero-order valence-electron chi connectivity index (χ0n) is 17.4. The fourth-order valence-corrected chi connectivity index (χ4v) is 7.18. The van der Waals surface area contributed by atoms with Gasteiger partial charge in [0.15, 0.2) is 14.4 Å². The zero-order valence-corrected chi connectivity index (χ0v) is 18.4. The van der Waals surface area contributed by atoms with E-state index < -0.39 is 20.5 Å². The highest BCUT2D eigenvalue weighted by Gasteiger charge is 2.55. The Hall–Kier alpha value is -1.66. The van der Waals surface area contributed by atoms with Crippen LogP contribution in [-0.2, 0) is 14.0 Å². The summed E-state index contributed by atoms with van der Waals surface area (Å²) in [5, 5.41) is 0. The van der Waals surface area contributed by atoms with E-state index in [2.05, 4.69) is 20.8 Å². The molecule has 0 bridgehead atoms. The third-order valence-electron chi connectivity index (χ3n) is 6.51. The molecule has 2 fully saturated rings. The Labute approximate surface area is 169 Å². The first-order chi connectivity index (χ1) is 13.5. The number of ether oxygens (including phenoxy) is 1. The first kappa shape index (κ1) is 21.1. The summed E-state index contributed by atoms with van der Waals surface area (Å²) >= 11 is 0. The van der Waals surface area contributed by atoms with Crippen LogP contribution in [0.3, 0.4) is 0 Å². The van der Waals surface area contributed by atoms with E-state index in [1.165, 1.54) is 11.3 Å². The van der Waals surface area contributed by atoms with Crippen LogP contribution >= 0.6 is 0 Å². The predicted octanol–water partition coefficient (Wildman–Crippen LogP) is 5.43. The van der Waals surface area contributed by atoms with Crippen molar-refractivity contribution in [1.82, 2.24) is 4.90 Å². The summed E-state index contributed by atoms with van der Waals surface area (Å²) in [6.07, 6.45) is 3.98. The minimum atomic E-state index is -1.97. The quantitative estimate of drug-likeness (QED) is 0.450. The van der Waals surface area contributed by atoms with E-state index in [0.29, 0.717) is 0 Å². The van der Waals surface area contributed by atoms with Crippen molar-refractivity contribution in [3.05, 3.63) is 35.9 Å². The average molecular weight is 404 g/mol. The standard InChI is InChI=1S/C22H33NO4Si/c1-4-28(5-2,6-3)27-20-19(17-13-9-7-10-14-17)23(21(20)24)22(25)26-18-15-11-8-12-16-18/h7,9-10,13-14,18-20H,4-6,8,11-12,15-16H2,1-3H3. The summed E-state index contributed by atoms with van der Waals surface area (Å²) in [7, 11) is -1.97. The molecule has 6 heteroatoms. The number of amides is 2. The monoisotopic (exact) mass is 403 g/mol. The van der Waals surface area contributed by atoms with E-state index in [9.17, 15) is 9.59 Å². The second kappa shape index (κ2) is 9.22. The fraction of sp³-hybridized carbons (Fsp3) is 0.636. The van der Waals surface area contributed by atoms with Gasteiger partial charge in [-0.05, 0) is 49.4 Å². The molecule has 0 spiro atoms. The van der Waals surface area contributed by atoms with Crippen LogP contribution in [0, 0.1) is 0 Å². The number of hydrogen-bond acceptors (Lipinski definition) is 4. The van der Waals surface area contributed by atoms with Crippen LogP contribution < -0.4 is 0 Å². The minimum Gasteiger partial charge on any atom is -0.446 e. The third-order valence-corrected chi connectivity index (χ3v) is 11.1. The molecule has 1 saturated heterocycles. The summed E-state index contributed by atoms with van der Waals surface area (Å²) in [6.45, 7) is 6.44. The molecule has 28 heavy (non-hydrogen) atoms. The van der Waals surface area contributed by atoms with Gasteiger partial charge < -0.3 is 9.16 Å². The number of carbonyl (C=O) groups is 2. The normalized spacial score (nSPS) is 23.4. The molecule has 154 valence electrons. The van der Waals surface area contributed by atoms with Crippen molar-refractivity contribution in [2.45, 2.75) is 89.3 Å². The van der Waals surface area contributed by atoms with E-state index in [1.807, 2.05) is 30.3 Å². The van der Waals surface area contributed by atoms with Gasteiger partial charge in [0.05, 0.1) is 0 Å². The molecule has 2 atom stereocenters. The number of nitrogens with zero attached hydrogens (tertiary/aromatic N) is 1. The van der Waals surface area contributed by atoms with E-state index in [1.54, 1.807) is 0 Å². The number of rotatable bonds is 7. The molecular formula is C22H33NO4Si. The highest BCUT2D eigenvalue weighted by Crippen LogP contribution is 2.41. The van der Waals surface area contributed by atoms with Gasteiger partial charge >= 0.3 is 6.09 Å². The van der Waals surface area contributed by atoms with Gasteiger partial charge in [0.25, 0.3) is 5.91 Å². The van der Waals surface area contributed by atoms with Crippen molar-refractivity contribution >= 4 is 20.3 Å². The number of carbonyl (C=O) groups excluding carboxylic acids is 2. The lowest BCUT2D eigenvalue weighted by molar-refractivity contribution is -0.161. The molecular weight excluding hydrogens is 370 g/mol. The predicted molar refractivity (Wildman–Crippen MR) is 111 cm³/mol. The first-order valence-corrected chi connectivity index (χ1v) is 13.3. The summed E-state index contributed by atoms with van der Waals surface area (Å²) < 4.78 is 12.2. The zero-order chi connectivity index (χ0) is 20.1. The Morgan fingerprint density at radius 3 is 2.21 bits per heavy atom. The second-order valence-corrected chi connectivity index (χ2v) is 12.7. The third kappa shape index (κ3) is 4.18. The Morgan fingerprint density at radius 1 is 1.04 bits per heavy atom. The number of β-lactam (4-membered cyclic amide) rings is 1. The molecule has 1 heterocycles. The van der Waals surface area contributed by atoms with Crippen LogP contribution in [-0.4, -0.2) is 37.4 Å². The number of benzene rings is 1. The van der Waals surface area contributed by atoms with Crippen LogP contribution in [0.1, 0.15) is 64.5 Å². The maximum absolute atomic E-state index is 13.0. The van der Waals surface area contributed by atoms with E-state index >= 15 is 0 Å². The van der Waals surface area contributed by atoms with E-state index in [-0.39, 0.29) is 18.1 Å². The fourth-order valence-electron chi connectivity index (χ4n) is 4.41. The van der Waals surface area contributed by atoms with Gasteiger partial charge in [-0.25, -0.2) is 9.69 Å². The molecule has 2 amide bonds. The van der Waals surface area contributed by atoms with E-state index in [4.69, 9.17) is 9.16 Å². The highest BCUT2D eigenvalue weighted by molar-refractivity contribution is 6.73. The lowest BCUT2D eigenvalue weighted by Gasteiger charge is -2.48. The summed E-state index contributed by atoms with van der Waals surface area (Å²) in [5.74, 6) is -0.248. The first-order valence-electron chi connectivity index (χ1n) is 10.8. The molecule has 2 unspecified atom stereocenters. The Kier molecular flexibility index (Phi) is 6.94. The maximum atomic E-state index is 13.0. The number of hydrogen-bond donors (Lipinski definition) is 0. The van der Waals surface area contributed by atoms with Crippen molar-refractivity contribution < 1.29 is 18.8 Å². The van der Waals surface area contributed by atoms with Crippen LogP contribution in [0.25, 0.3) is 0 Å². The van der Waals surface area contributed by atoms with Crippen molar-refractivity contribution in [3.63, 3.8) is 0 Å². The van der Waals surface area contributed by atoms with Gasteiger partial charge in [-0.2, -0.15) is 0 Å². The summed E-state index contributed by atoms with van der Waals surface area (Å²) in [4.78, 5) is 27.1. The van der Waals surface area contributed by atoms with E-state index in [0.717, 1.165) is 49.4 Å². The molecule has 2 aliphatic rings. The molecule has 0 aromatic heterocycles. The molecule has 0 radical (unpaired) electrons. The van der Waals surface area contributed by atoms with Crippen molar-refractivity contribution in [1.29, 1.82) is 0 Å². The van der Waals surface area contributed by atoms with Crippen molar-refractivity contribution in [3.8, 4) is 0 Å². The Morgan fingerprint density at radius 2 is 1.64 bits per heavy atom. The van der Waals surface area contributed by atoms with Gasteiger partial charge in [0.1, 0.15) is 12.1 Å². The Balaban J connectivity index is 1.80. The van der Waals surface area contributed by atoms with Crippen LogP contribution in [0.15, 0.2) is 30.3 Å². The number of imide groups is 1.